The number of amides is 5. The molecule has 0 unspecified atom stereocenters. The second-order valence-corrected chi connectivity index (χ2v) is 8.57. The summed E-state index contributed by atoms with van der Waals surface area (Å²) < 4.78 is 5.44. The van der Waals surface area contributed by atoms with Gasteiger partial charge in [0.25, 0.3) is 11.8 Å². The summed E-state index contributed by atoms with van der Waals surface area (Å²) in [5, 5.41) is 5.45. The van der Waals surface area contributed by atoms with E-state index in [0.717, 1.165) is 16.9 Å². The Morgan fingerprint density at radius 1 is 1.10 bits per heavy atom. The molecule has 0 bridgehead atoms. The van der Waals surface area contributed by atoms with Gasteiger partial charge in [0.05, 0.1) is 24.2 Å². The monoisotopic (exact) mass is 440 g/mol. The Balaban J connectivity index is 1.24. The van der Waals surface area contributed by atoms with Crippen molar-refractivity contribution in [2.45, 2.75) is 19.1 Å². The van der Waals surface area contributed by atoms with Gasteiger partial charge in [-0.2, -0.15) is 0 Å². The number of anilines is 1. The number of fused-ring (bicyclic) bond motifs is 1. The first-order valence-electron chi connectivity index (χ1n) is 10.0. The molecule has 160 valence electrons. The zero-order valence-electron chi connectivity index (χ0n) is 16.6. The van der Waals surface area contributed by atoms with E-state index in [1.54, 1.807) is 29.2 Å². The van der Waals surface area contributed by atoms with Crippen LogP contribution in [0.2, 0.25) is 0 Å². The Kier molecular flexibility index (Phi) is 4.85. The highest BCUT2D eigenvalue weighted by Gasteiger charge is 2.41. The Morgan fingerprint density at radius 3 is 2.55 bits per heavy atom. The fourth-order valence-electron chi connectivity index (χ4n) is 4.04. The van der Waals surface area contributed by atoms with Gasteiger partial charge in [-0.05, 0) is 35.6 Å². The van der Waals surface area contributed by atoms with E-state index in [0.29, 0.717) is 35.8 Å². The Hall–Kier alpha value is -3.40. The van der Waals surface area contributed by atoms with Crippen molar-refractivity contribution in [3.05, 3.63) is 52.4 Å². The van der Waals surface area contributed by atoms with Crippen molar-refractivity contribution in [2.24, 2.45) is 0 Å². The zero-order valence-corrected chi connectivity index (χ0v) is 17.4. The number of carbonyl (C=O) groups excluding carboxylic acids is 4. The zero-order chi connectivity index (χ0) is 21.5. The highest BCUT2D eigenvalue weighted by molar-refractivity contribution is 7.14. The number of benzene rings is 1. The van der Waals surface area contributed by atoms with Crippen molar-refractivity contribution in [1.82, 2.24) is 15.1 Å². The number of thiophene rings is 1. The number of ether oxygens (including phenoxy) is 1. The minimum atomic E-state index is -0.604. The molecule has 10 heteroatoms. The molecule has 3 aliphatic rings. The van der Waals surface area contributed by atoms with Crippen molar-refractivity contribution in [1.29, 1.82) is 0 Å². The molecule has 5 amide bonds. The number of hydrogen-bond donors (Lipinski definition) is 1. The summed E-state index contributed by atoms with van der Waals surface area (Å²) in [6.45, 7) is 2.13. The van der Waals surface area contributed by atoms with Crippen LogP contribution >= 0.6 is 11.3 Å². The summed E-state index contributed by atoms with van der Waals surface area (Å²) in [6.07, 6.45) is -0.209. The molecule has 31 heavy (non-hydrogen) atoms. The van der Waals surface area contributed by atoms with Gasteiger partial charge in [-0.15, -0.1) is 11.3 Å². The van der Waals surface area contributed by atoms with Gasteiger partial charge >= 0.3 is 12.1 Å². The molecule has 9 nitrogen and oxygen atoms in total. The van der Waals surface area contributed by atoms with Crippen molar-refractivity contribution in [3.63, 3.8) is 0 Å². The molecule has 3 aliphatic heterocycles. The topological polar surface area (TPSA) is 99.3 Å². The molecule has 5 rings (SSSR count). The summed E-state index contributed by atoms with van der Waals surface area (Å²) in [4.78, 5) is 53.9. The van der Waals surface area contributed by atoms with Crippen molar-refractivity contribution in [2.75, 3.05) is 31.1 Å². The third-order valence-electron chi connectivity index (χ3n) is 5.59. The van der Waals surface area contributed by atoms with E-state index in [4.69, 9.17) is 4.74 Å². The van der Waals surface area contributed by atoms with Crippen LogP contribution in [0.15, 0.2) is 35.7 Å². The third-order valence-corrected chi connectivity index (χ3v) is 6.59. The van der Waals surface area contributed by atoms with Crippen LogP contribution in [0.5, 0.6) is 0 Å². The average molecular weight is 440 g/mol. The van der Waals surface area contributed by atoms with Crippen LogP contribution in [0.1, 0.15) is 32.7 Å². The first-order valence-corrected chi connectivity index (χ1v) is 10.9. The van der Waals surface area contributed by atoms with Crippen LogP contribution in [-0.4, -0.2) is 66.0 Å². The number of hydrogen-bond acceptors (Lipinski definition) is 6. The van der Waals surface area contributed by atoms with E-state index in [1.807, 2.05) is 11.4 Å². The minimum absolute atomic E-state index is 0.0147. The van der Waals surface area contributed by atoms with Crippen LogP contribution < -0.4 is 10.2 Å². The fraction of sp³-hybridized carbons (Fsp3) is 0.333. The molecule has 4 heterocycles. The molecule has 2 aromatic rings. The lowest BCUT2D eigenvalue weighted by atomic mass is 10.1. The third kappa shape index (κ3) is 3.52. The van der Waals surface area contributed by atoms with Crippen LogP contribution in [0.3, 0.4) is 0 Å². The molecular weight excluding hydrogens is 420 g/mol. The van der Waals surface area contributed by atoms with Gasteiger partial charge < -0.3 is 15.0 Å². The Bertz CT molecular complexity index is 1050. The van der Waals surface area contributed by atoms with Crippen LogP contribution in [0.4, 0.5) is 14.6 Å². The maximum absolute atomic E-state index is 12.6. The highest BCUT2D eigenvalue weighted by atomic mass is 32.1. The predicted octanol–water partition coefficient (Wildman–Crippen LogP) is 2.28. The molecule has 2 fully saturated rings. The number of rotatable bonds is 5. The van der Waals surface area contributed by atoms with Gasteiger partial charge in [0.2, 0.25) is 0 Å². The number of nitrogens with one attached hydrogen (secondary N) is 1. The molecule has 1 N–H and O–H groups in total. The molecule has 0 saturated carbocycles. The summed E-state index contributed by atoms with van der Waals surface area (Å²) in [5.74, 6) is -0.735. The van der Waals surface area contributed by atoms with E-state index in [9.17, 15) is 19.2 Å². The van der Waals surface area contributed by atoms with Crippen LogP contribution in [0, 0.1) is 0 Å². The van der Waals surface area contributed by atoms with E-state index in [2.05, 4.69) is 5.32 Å². The molecule has 0 spiro atoms. The summed E-state index contributed by atoms with van der Waals surface area (Å²) in [6, 6.07) is 8.47. The van der Waals surface area contributed by atoms with Gasteiger partial charge in [0, 0.05) is 19.6 Å². The highest BCUT2D eigenvalue weighted by Crippen LogP contribution is 2.31. The number of cyclic esters (lactones) is 1. The van der Waals surface area contributed by atoms with Crippen molar-refractivity contribution >= 4 is 40.3 Å². The summed E-state index contributed by atoms with van der Waals surface area (Å²) in [7, 11) is 0. The maximum Gasteiger partial charge on any atom is 0.415 e. The lowest BCUT2D eigenvalue weighted by molar-refractivity contribution is 0.0558. The fourth-order valence-corrected chi connectivity index (χ4v) is 4.95. The lowest BCUT2D eigenvalue weighted by Crippen LogP contribution is -2.45. The molecule has 1 aromatic carbocycles. The van der Waals surface area contributed by atoms with Gasteiger partial charge in [0.15, 0.2) is 0 Å². The Morgan fingerprint density at radius 2 is 1.84 bits per heavy atom. The molecule has 0 radical (unpaired) electrons. The number of imide groups is 1. The van der Waals surface area contributed by atoms with Gasteiger partial charge in [-0.1, -0.05) is 12.1 Å². The summed E-state index contributed by atoms with van der Waals surface area (Å²) in [5.41, 5.74) is 1.69. The predicted molar refractivity (Wildman–Crippen MR) is 112 cm³/mol. The average Bonchev–Trinajstić information content (AvgIpc) is 3.44. The quantitative estimate of drug-likeness (QED) is 0.720. The molecule has 0 aliphatic carbocycles. The van der Waals surface area contributed by atoms with E-state index < -0.39 is 12.2 Å². The molecule has 1 atom stereocenters. The maximum atomic E-state index is 12.6. The molecule has 1 aromatic heterocycles. The first-order chi connectivity index (χ1) is 15.0. The van der Waals surface area contributed by atoms with E-state index >= 15 is 0 Å². The van der Waals surface area contributed by atoms with E-state index in [-0.39, 0.29) is 30.9 Å². The number of urea groups is 1. The first kappa shape index (κ1) is 19.6. The van der Waals surface area contributed by atoms with Gasteiger partial charge in [-0.3, -0.25) is 19.4 Å². The molecule has 2 saturated heterocycles. The Labute approximate surface area is 182 Å². The smallest absolute Gasteiger partial charge is 0.415 e. The van der Waals surface area contributed by atoms with Crippen LogP contribution in [-0.2, 0) is 11.3 Å². The minimum Gasteiger partial charge on any atom is -0.442 e. The molecular formula is C21H20N4O5S. The number of nitrogens with zero attached hydrogens (tertiary/aromatic N) is 3. The van der Waals surface area contributed by atoms with Crippen LogP contribution in [0.25, 0.3) is 0 Å². The van der Waals surface area contributed by atoms with Gasteiger partial charge in [0.1, 0.15) is 11.1 Å². The normalized spacial score (nSPS) is 20.9. The SMILES string of the molecule is O=C1NCCCN1Cc1csc(N2C[C@H](CN3C(=O)c4ccccc4C3=O)OC2=O)c1. The van der Waals surface area contributed by atoms with Crippen molar-refractivity contribution < 1.29 is 23.9 Å². The van der Waals surface area contributed by atoms with E-state index in [1.165, 1.54) is 16.2 Å². The van der Waals surface area contributed by atoms with Gasteiger partial charge in [-0.25, -0.2) is 9.59 Å². The largest absolute Gasteiger partial charge is 0.442 e. The van der Waals surface area contributed by atoms with Crippen molar-refractivity contribution in [3.8, 4) is 0 Å². The standard InChI is InChI=1S/C21H20N4O5S/c26-18-15-4-1-2-5-16(15)19(27)25(18)11-14-10-24(21(29)30-14)17-8-13(12-31-17)9-23-7-3-6-22-20(23)28/h1-2,4-5,8,12,14H,3,6-7,9-11H2,(H,22,28)/t14-/m1/s1. The summed E-state index contributed by atoms with van der Waals surface area (Å²) >= 11 is 1.40. The number of carbonyl (C=O) groups is 4. The lowest BCUT2D eigenvalue weighted by Gasteiger charge is -2.27. The second kappa shape index (κ2) is 7.69. The second-order valence-electron chi connectivity index (χ2n) is 7.68.